The van der Waals surface area contributed by atoms with Crippen molar-refractivity contribution in [3.05, 3.63) is 53.4 Å². The van der Waals surface area contributed by atoms with Gasteiger partial charge in [0.2, 0.25) is 5.91 Å². The number of pyridine rings is 1. The van der Waals surface area contributed by atoms with Crippen LogP contribution in [0.25, 0.3) is 11.0 Å². The van der Waals surface area contributed by atoms with Crippen LogP contribution in [0.2, 0.25) is 5.02 Å². The number of halogens is 1. The minimum absolute atomic E-state index is 0.0610. The van der Waals surface area contributed by atoms with E-state index in [2.05, 4.69) is 19.8 Å². The van der Waals surface area contributed by atoms with Crippen molar-refractivity contribution >= 4 is 34.4 Å². The maximum Gasteiger partial charge on any atom is 0.226 e. The van der Waals surface area contributed by atoms with E-state index < -0.39 is 0 Å². The van der Waals surface area contributed by atoms with Crippen molar-refractivity contribution in [2.24, 2.45) is 5.92 Å². The molecule has 5 rings (SSSR count). The zero-order chi connectivity index (χ0) is 19.8. The molecular weight excluding hydrogens is 386 g/mol. The van der Waals surface area contributed by atoms with Gasteiger partial charge < -0.3 is 14.8 Å². The lowest BCUT2D eigenvalue weighted by Crippen LogP contribution is -2.42. The molecule has 1 amide bonds. The fraction of sp³-hybridized carbons (Fsp3) is 0.409. The van der Waals surface area contributed by atoms with Crippen LogP contribution in [-0.2, 0) is 4.79 Å². The first-order chi connectivity index (χ1) is 14.2. The van der Waals surface area contributed by atoms with Gasteiger partial charge in [-0.3, -0.25) is 4.79 Å². The highest BCUT2D eigenvalue weighted by Gasteiger charge is 2.36. The number of likely N-dealkylation sites (tertiary alicyclic amines) is 1. The number of piperidine rings is 1. The number of nitrogens with one attached hydrogen (secondary N) is 1. The molecule has 1 aromatic carbocycles. The first-order valence-corrected chi connectivity index (χ1v) is 10.7. The van der Waals surface area contributed by atoms with Crippen LogP contribution >= 0.6 is 11.6 Å². The van der Waals surface area contributed by atoms with Gasteiger partial charge in [-0.05, 0) is 49.9 Å². The molecular formula is C22H24ClN5O. The monoisotopic (exact) mass is 409 g/mol. The zero-order valence-electron chi connectivity index (χ0n) is 16.2. The maximum absolute atomic E-state index is 13.3. The number of aromatic amines is 1. The van der Waals surface area contributed by atoms with Crippen LogP contribution in [0.3, 0.4) is 0 Å². The molecule has 7 heteroatoms. The number of amides is 1. The lowest BCUT2D eigenvalue weighted by atomic mass is 9.95. The molecule has 2 aliphatic rings. The van der Waals surface area contributed by atoms with Crippen LogP contribution < -0.4 is 4.90 Å². The van der Waals surface area contributed by atoms with Crippen molar-refractivity contribution in [1.29, 1.82) is 0 Å². The summed E-state index contributed by atoms with van der Waals surface area (Å²) in [6.45, 7) is 2.50. The number of carbonyl (C=O) groups is 1. The van der Waals surface area contributed by atoms with Gasteiger partial charge in [0.05, 0.1) is 22.1 Å². The lowest BCUT2D eigenvalue weighted by Gasteiger charge is -2.35. The Kier molecular flexibility index (Phi) is 4.87. The maximum atomic E-state index is 13.3. The van der Waals surface area contributed by atoms with Gasteiger partial charge >= 0.3 is 0 Å². The summed E-state index contributed by atoms with van der Waals surface area (Å²) in [6.07, 6.45) is 5.38. The predicted octanol–water partition coefficient (Wildman–Crippen LogP) is 4.19. The van der Waals surface area contributed by atoms with E-state index in [1.807, 2.05) is 36.4 Å². The molecule has 2 fully saturated rings. The van der Waals surface area contributed by atoms with E-state index in [-0.39, 0.29) is 17.9 Å². The summed E-state index contributed by atoms with van der Waals surface area (Å²) in [4.78, 5) is 30.2. The van der Waals surface area contributed by atoms with Crippen LogP contribution in [-0.4, -0.2) is 45.4 Å². The van der Waals surface area contributed by atoms with Crippen LogP contribution in [0.5, 0.6) is 0 Å². The molecule has 0 aliphatic carbocycles. The van der Waals surface area contributed by atoms with Crippen molar-refractivity contribution in [3.8, 4) is 0 Å². The van der Waals surface area contributed by atoms with Gasteiger partial charge in [-0.15, -0.1) is 0 Å². The molecule has 29 heavy (non-hydrogen) atoms. The van der Waals surface area contributed by atoms with E-state index in [1.165, 1.54) is 0 Å². The van der Waals surface area contributed by atoms with Gasteiger partial charge in [0.15, 0.2) is 0 Å². The van der Waals surface area contributed by atoms with E-state index in [0.717, 1.165) is 68.0 Å². The number of anilines is 1. The minimum atomic E-state index is 0.0610. The number of imidazole rings is 1. The van der Waals surface area contributed by atoms with Crippen LogP contribution in [0.4, 0.5) is 5.82 Å². The summed E-state index contributed by atoms with van der Waals surface area (Å²) < 4.78 is 0. The third-order valence-corrected chi connectivity index (χ3v) is 6.36. The normalized spacial score (nSPS) is 20.5. The Labute approximate surface area is 174 Å². The summed E-state index contributed by atoms with van der Waals surface area (Å²) in [6, 6.07) is 11.9. The van der Waals surface area contributed by atoms with Gasteiger partial charge in [-0.2, -0.15) is 0 Å². The van der Waals surface area contributed by atoms with E-state index in [0.29, 0.717) is 5.02 Å². The zero-order valence-corrected chi connectivity index (χ0v) is 17.0. The van der Waals surface area contributed by atoms with Crippen molar-refractivity contribution in [1.82, 2.24) is 19.9 Å². The first-order valence-electron chi connectivity index (χ1n) is 10.3. The summed E-state index contributed by atoms with van der Waals surface area (Å²) in [5.41, 5.74) is 2.00. The van der Waals surface area contributed by atoms with Crippen LogP contribution in [0.15, 0.2) is 42.6 Å². The number of nitrogens with zero attached hydrogens (tertiary/aromatic N) is 4. The summed E-state index contributed by atoms with van der Waals surface area (Å²) in [7, 11) is 0. The first kappa shape index (κ1) is 18.4. The van der Waals surface area contributed by atoms with Gasteiger partial charge in [0.1, 0.15) is 11.6 Å². The standard InChI is InChI=1S/C22H24ClN5O/c23-16-7-8-20(24-14-16)27-12-9-15(10-13-27)22(29)28-11-3-6-19(28)21-25-17-4-1-2-5-18(17)26-21/h1-2,4-5,7-8,14-15,19H,3,6,9-13H2,(H,25,26). The summed E-state index contributed by atoms with van der Waals surface area (Å²) >= 11 is 5.94. The smallest absolute Gasteiger partial charge is 0.226 e. The van der Waals surface area contributed by atoms with E-state index in [1.54, 1.807) is 6.20 Å². The lowest BCUT2D eigenvalue weighted by molar-refractivity contribution is -0.137. The van der Waals surface area contributed by atoms with Gasteiger partial charge in [0.25, 0.3) is 0 Å². The van der Waals surface area contributed by atoms with Gasteiger partial charge in [0, 0.05) is 31.7 Å². The number of rotatable bonds is 3. The number of para-hydroxylation sites is 2. The second-order valence-electron chi connectivity index (χ2n) is 7.92. The molecule has 3 aromatic rings. The molecule has 6 nitrogen and oxygen atoms in total. The number of carbonyl (C=O) groups excluding carboxylic acids is 1. The fourth-order valence-corrected chi connectivity index (χ4v) is 4.70. The molecule has 1 N–H and O–H groups in total. The minimum Gasteiger partial charge on any atom is -0.357 e. The van der Waals surface area contributed by atoms with Crippen molar-refractivity contribution in [2.75, 3.05) is 24.5 Å². The third kappa shape index (κ3) is 3.57. The Hall–Kier alpha value is -2.60. The number of benzene rings is 1. The highest BCUT2D eigenvalue weighted by molar-refractivity contribution is 6.30. The quantitative estimate of drug-likeness (QED) is 0.704. The third-order valence-electron chi connectivity index (χ3n) is 6.14. The molecule has 2 aliphatic heterocycles. The summed E-state index contributed by atoms with van der Waals surface area (Å²) in [5, 5.41) is 0.643. The number of aromatic nitrogens is 3. The highest BCUT2D eigenvalue weighted by atomic mass is 35.5. The molecule has 2 aromatic heterocycles. The van der Waals surface area contributed by atoms with E-state index in [9.17, 15) is 4.79 Å². The molecule has 1 atom stereocenters. The Morgan fingerprint density at radius 3 is 2.66 bits per heavy atom. The Morgan fingerprint density at radius 2 is 1.90 bits per heavy atom. The van der Waals surface area contributed by atoms with E-state index in [4.69, 9.17) is 16.6 Å². The van der Waals surface area contributed by atoms with Gasteiger partial charge in [-0.25, -0.2) is 9.97 Å². The largest absolute Gasteiger partial charge is 0.357 e. The second kappa shape index (κ2) is 7.67. The molecule has 0 bridgehead atoms. The van der Waals surface area contributed by atoms with Crippen molar-refractivity contribution in [3.63, 3.8) is 0 Å². The fourth-order valence-electron chi connectivity index (χ4n) is 4.59. The van der Waals surface area contributed by atoms with Crippen LogP contribution in [0.1, 0.15) is 37.5 Å². The Balaban J connectivity index is 1.27. The number of hydrogen-bond donors (Lipinski definition) is 1. The average molecular weight is 410 g/mol. The number of hydrogen-bond acceptors (Lipinski definition) is 4. The van der Waals surface area contributed by atoms with Gasteiger partial charge in [-0.1, -0.05) is 23.7 Å². The molecule has 4 heterocycles. The molecule has 2 saturated heterocycles. The summed E-state index contributed by atoms with van der Waals surface area (Å²) in [5.74, 6) is 2.20. The molecule has 0 spiro atoms. The van der Waals surface area contributed by atoms with Crippen LogP contribution in [0, 0.1) is 5.92 Å². The molecule has 0 radical (unpaired) electrons. The number of H-pyrrole nitrogens is 1. The molecule has 150 valence electrons. The van der Waals surface area contributed by atoms with Crippen molar-refractivity contribution in [2.45, 2.75) is 31.7 Å². The van der Waals surface area contributed by atoms with Crippen molar-refractivity contribution < 1.29 is 4.79 Å². The SMILES string of the molecule is O=C(C1CCN(c2ccc(Cl)cn2)CC1)N1CCCC1c1nc2ccccc2[nH]1. The Morgan fingerprint density at radius 1 is 1.07 bits per heavy atom. The predicted molar refractivity (Wildman–Crippen MR) is 114 cm³/mol. The molecule has 0 saturated carbocycles. The number of fused-ring (bicyclic) bond motifs is 1. The van der Waals surface area contributed by atoms with E-state index >= 15 is 0 Å². The molecule has 1 unspecified atom stereocenters. The topological polar surface area (TPSA) is 65.1 Å². The Bertz CT molecular complexity index is 976. The average Bonchev–Trinajstić information content (AvgIpc) is 3.41. The highest BCUT2D eigenvalue weighted by Crippen LogP contribution is 2.34. The second-order valence-corrected chi connectivity index (χ2v) is 8.36.